The highest BCUT2D eigenvalue weighted by atomic mass is 19.3. The van der Waals surface area contributed by atoms with Gasteiger partial charge in [0.2, 0.25) is 0 Å². The second-order valence-corrected chi connectivity index (χ2v) is 3.43. The summed E-state index contributed by atoms with van der Waals surface area (Å²) in [6, 6.07) is 1.88. The Kier molecular flexibility index (Phi) is 2.04. The van der Waals surface area contributed by atoms with Crippen molar-refractivity contribution in [3.05, 3.63) is 29.1 Å². The highest BCUT2D eigenvalue weighted by Crippen LogP contribution is 2.43. The number of fused-ring (bicyclic) bond motifs is 1. The second kappa shape index (κ2) is 3.07. The summed E-state index contributed by atoms with van der Waals surface area (Å²) in [4.78, 5) is 22.1. The van der Waals surface area contributed by atoms with Crippen molar-refractivity contribution in [1.82, 2.24) is 0 Å². The lowest BCUT2D eigenvalue weighted by Gasteiger charge is -2.10. The van der Waals surface area contributed by atoms with Crippen LogP contribution in [-0.2, 0) is 10.7 Å². The van der Waals surface area contributed by atoms with Gasteiger partial charge < -0.3 is 5.32 Å². The summed E-state index contributed by atoms with van der Waals surface area (Å²) in [7, 11) is 0. The normalized spacial score (nSPS) is 16.9. The number of Topliss-reactive ketones (excluding diaryl/α,β-unsaturated/α-hetero) is 1. The van der Waals surface area contributed by atoms with Gasteiger partial charge in [-0.3, -0.25) is 9.59 Å². The minimum absolute atomic E-state index is 0.221. The van der Waals surface area contributed by atoms with E-state index in [4.69, 9.17) is 0 Å². The lowest BCUT2D eigenvalue weighted by molar-refractivity contribution is -0.139. The third-order valence-corrected chi connectivity index (χ3v) is 2.35. The first-order valence-electron chi connectivity index (χ1n) is 4.39. The van der Waals surface area contributed by atoms with Crippen molar-refractivity contribution < 1.29 is 22.8 Å². The molecule has 1 aliphatic heterocycles. The van der Waals surface area contributed by atoms with Gasteiger partial charge in [-0.15, -0.1) is 0 Å². The number of hydrogen-bond donors (Lipinski definition) is 1. The number of ketones is 1. The van der Waals surface area contributed by atoms with Gasteiger partial charge >= 0.3 is 5.92 Å². The van der Waals surface area contributed by atoms with Crippen LogP contribution >= 0.6 is 0 Å². The van der Waals surface area contributed by atoms with E-state index in [-0.39, 0.29) is 5.69 Å². The summed E-state index contributed by atoms with van der Waals surface area (Å²) < 4.78 is 40.1. The molecule has 0 fully saturated rings. The number of halogens is 3. The molecule has 84 valence electrons. The Morgan fingerprint density at radius 1 is 1.38 bits per heavy atom. The number of hydrogen-bond acceptors (Lipinski definition) is 2. The molecular weight excluding hydrogens is 223 g/mol. The molecule has 0 aliphatic carbocycles. The van der Waals surface area contributed by atoms with Gasteiger partial charge in [-0.1, -0.05) is 0 Å². The zero-order valence-corrected chi connectivity index (χ0v) is 8.11. The molecule has 0 saturated heterocycles. The first kappa shape index (κ1) is 10.7. The monoisotopic (exact) mass is 229 g/mol. The minimum atomic E-state index is -3.86. The topological polar surface area (TPSA) is 46.2 Å². The van der Waals surface area contributed by atoms with Crippen LogP contribution in [-0.4, -0.2) is 11.7 Å². The molecule has 0 aromatic heterocycles. The number of amides is 1. The van der Waals surface area contributed by atoms with Crippen LogP contribution in [0.2, 0.25) is 0 Å². The van der Waals surface area contributed by atoms with Crippen LogP contribution in [0.25, 0.3) is 0 Å². The van der Waals surface area contributed by atoms with E-state index in [1.54, 1.807) is 0 Å². The summed E-state index contributed by atoms with van der Waals surface area (Å²) in [5.41, 5.74) is -1.83. The zero-order valence-electron chi connectivity index (χ0n) is 8.11. The average molecular weight is 229 g/mol. The van der Waals surface area contributed by atoms with Gasteiger partial charge in [0.15, 0.2) is 5.78 Å². The van der Waals surface area contributed by atoms with Crippen LogP contribution in [0.1, 0.15) is 22.8 Å². The Bertz CT molecular complexity index is 511. The van der Waals surface area contributed by atoms with Gasteiger partial charge in [-0.05, 0) is 19.1 Å². The molecule has 0 saturated carbocycles. The van der Waals surface area contributed by atoms with E-state index in [9.17, 15) is 22.8 Å². The average Bonchev–Trinajstić information content (AvgIpc) is 2.39. The standard InChI is InChI=1S/C10H6F3NO2/c1-4(15)7-5(11)2-3-6-8(7)10(12,13)9(16)14-6/h2-3H,1H3,(H,14,16). The smallest absolute Gasteiger partial charge is 0.320 e. The number of anilines is 1. The molecule has 1 heterocycles. The molecule has 3 nitrogen and oxygen atoms in total. The maximum absolute atomic E-state index is 13.4. The van der Waals surface area contributed by atoms with Crippen LogP contribution in [0.15, 0.2) is 12.1 Å². The molecule has 1 amide bonds. The molecule has 0 atom stereocenters. The molecule has 0 spiro atoms. The van der Waals surface area contributed by atoms with Crippen LogP contribution in [0.5, 0.6) is 0 Å². The summed E-state index contributed by atoms with van der Waals surface area (Å²) >= 11 is 0. The van der Waals surface area contributed by atoms with Gasteiger partial charge in [0, 0.05) is 0 Å². The lowest BCUT2D eigenvalue weighted by atomic mass is 9.99. The molecule has 1 aliphatic rings. The summed E-state index contributed by atoms with van der Waals surface area (Å²) in [5, 5.41) is 1.90. The van der Waals surface area contributed by atoms with Crippen molar-refractivity contribution in [1.29, 1.82) is 0 Å². The Balaban J connectivity index is 2.80. The highest BCUT2D eigenvalue weighted by molar-refractivity contribution is 6.09. The van der Waals surface area contributed by atoms with Crippen molar-refractivity contribution in [2.24, 2.45) is 0 Å². The molecule has 1 aromatic rings. The summed E-state index contributed by atoms with van der Waals surface area (Å²) in [5.74, 6) is -7.30. The quantitative estimate of drug-likeness (QED) is 0.749. The number of alkyl halides is 2. The van der Waals surface area contributed by atoms with Gasteiger partial charge in [0.05, 0.1) is 16.8 Å². The Hall–Kier alpha value is -1.85. The number of carbonyl (C=O) groups is 2. The van der Waals surface area contributed by atoms with E-state index >= 15 is 0 Å². The Morgan fingerprint density at radius 3 is 2.56 bits per heavy atom. The van der Waals surface area contributed by atoms with Crippen LogP contribution < -0.4 is 5.32 Å². The van der Waals surface area contributed by atoms with Crippen molar-refractivity contribution in [3.63, 3.8) is 0 Å². The number of carbonyl (C=O) groups excluding carboxylic acids is 2. The predicted octanol–water partition coefficient (Wildman–Crippen LogP) is 2.07. The van der Waals surface area contributed by atoms with Crippen LogP contribution in [0.4, 0.5) is 18.9 Å². The third kappa shape index (κ3) is 1.22. The van der Waals surface area contributed by atoms with Crippen LogP contribution in [0.3, 0.4) is 0 Å². The second-order valence-electron chi connectivity index (χ2n) is 3.43. The SMILES string of the molecule is CC(=O)c1c(F)ccc2c1C(F)(F)C(=O)N2. The highest BCUT2D eigenvalue weighted by Gasteiger charge is 2.51. The van der Waals surface area contributed by atoms with Crippen LogP contribution in [0, 0.1) is 5.82 Å². The molecule has 0 bridgehead atoms. The van der Waals surface area contributed by atoms with E-state index in [0.29, 0.717) is 0 Å². The van der Waals surface area contributed by atoms with E-state index in [2.05, 4.69) is 0 Å². The van der Waals surface area contributed by atoms with Gasteiger partial charge in [0.1, 0.15) is 5.82 Å². The fourth-order valence-corrected chi connectivity index (χ4v) is 1.67. The third-order valence-electron chi connectivity index (χ3n) is 2.35. The molecule has 1 N–H and O–H groups in total. The predicted molar refractivity (Wildman–Crippen MR) is 48.9 cm³/mol. The molecular formula is C10H6F3NO2. The zero-order chi connectivity index (χ0) is 12.1. The lowest BCUT2D eigenvalue weighted by Crippen LogP contribution is -2.25. The summed E-state index contributed by atoms with van der Waals surface area (Å²) in [6.07, 6.45) is 0. The van der Waals surface area contributed by atoms with Gasteiger partial charge in [-0.2, -0.15) is 8.78 Å². The molecule has 1 aromatic carbocycles. The summed E-state index contributed by atoms with van der Waals surface area (Å²) in [6.45, 7) is 0.970. The molecule has 0 radical (unpaired) electrons. The largest absolute Gasteiger partial charge is 0.352 e. The maximum Gasteiger partial charge on any atom is 0.352 e. The fourth-order valence-electron chi connectivity index (χ4n) is 1.67. The van der Waals surface area contributed by atoms with E-state index < -0.39 is 34.6 Å². The number of nitrogens with one attached hydrogen (secondary N) is 1. The minimum Gasteiger partial charge on any atom is -0.320 e. The number of rotatable bonds is 1. The van der Waals surface area contributed by atoms with Gasteiger partial charge in [-0.25, -0.2) is 4.39 Å². The van der Waals surface area contributed by atoms with Gasteiger partial charge in [0.25, 0.3) is 5.91 Å². The first-order chi connectivity index (χ1) is 7.35. The van der Waals surface area contributed by atoms with E-state index in [0.717, 1.165) is 19.1 Å². The fraction of sp³-hybridized carbons (Fsp3) is 0.200. The van der Waals surface area contributed by atoms with Crippen molar-refractivity contribution in [3.8, 4) is 0 Å². The molecule has 16 heavy (non-hydrogen) atoms. The van der Waals surface area contributed by atoms with Crippen molar-refractivity contribution in [2.75, 3.05) is 5.32 Å². The number of benzene rings is 1. The molecule has 0 unspecified atom stereocenters. The molecule has 2 rings (SSSR count). The van der Waals surface area contributed by atoms with Crippen molar-refractivity contribution >= 4 is 17.4 Å². The first-order valence-corrected chi connectivity index (χ1v) is 4.39. The van der Waals surface area contributed by atoms with E-state index in [1.807, 2.05) is 5.32 Å². The maximum atomic E-state index is 13.4. The Labute approximate surface area is 88.3 Å². The Morgan fingerprint density at radius 2 is 2.00 bits per heavy atom. The molecule has 6 heteroatoms. The van der Waals surface area contributed by atoms with E-state index in [1.165, 1.54) is 0 Å². The van der Waals surface area contributed by atoms with Crippen molar-refractivity contribution in [2.45, 2.75) is 12.8 Å².